The molecule has 0 radical (unpaired) electrons. The maximum atomic E-state index is 12.2. The predicted octanol–water partition coefficient (Wildman–Crippen LogP) is 2.84. The fourth-order valence-corrected chi connectivity index (χ4v) is 3.43. The summed E-state index contributed by atoms with van der Waals surface area (Å²) in [4.78, 5) is 26.3. The van der Waals surface area contributed by atoms with Crippen LogP contribution in [0.4, 0.5) is 0 Å². The molecule has 1 aliphatic rings. The van der Waals surface area contributed by atoms with Gasteiger partial charge < -0.3 is 10.0 Å². The molecule has 19 heavy (non-hydrogen) atoms. The first-order valence-corrected chi connectivity index (χ1v) is 7.61. The molecule has 5 heteroatoms. The summed E-state index contributed by atoms with van der Waals surface area (Å²) in [5.41, 5.74) is 0.799. The minimum atomic E-state index is -0.928. The van der Waals surface area contributed by atoms with Gasteiger partial charge in [0.05, 0.1) is 0 Å². The molecular formula is C14H19NO3S. The van der Waals surface area contributed by atoms with Gasteiger partial charge in [-0.25, -0.2) is 4.79 Å². The SMILES string of the molecule is CCCCCC(=O)N1CCc2sccc2C1C(=O)O. The third kappa shape index (κ3) is 2.97. The van der Waals surface area contributed by atoms with Gasteiger partial charge in [-0.3, -0.25) is 4.79 Å². The van der Waals surface area contributed by atoms with Crippen molar-refractivity contribution >= 4 is 23.2 Å². The molecule has 0 aromatic carbocycles. The van der Waals surface area contributed by atoms with E-state index >= 15 is 0 Å². The Kier molecular flexibility index (Phi) is 4.58. The quantitative estimate of drug-likeness (QED) is 0.844. The summed E-state index contributed by atoms with van der Waals surface area (Å²) in [5.74, 6) is -0.958. The Labute approximate surface area is 117 Å². The third-order valence-corrected chi connectivity index (χ3v) is 4.51. The molecule has 1 aliphatic heterocycles. The highest BCUT2D eigenvalue weighted by Crippen LogP contribution is 2.33. The molecule has 2 rings (SSSR count). The van der Waals surface area contributed by atoms with Crippen molar-refractivity contribution in [2.45, 2.75) is 45.1 Å². The van der Waals surface area contributed by atoms with E-state index in [0.717, 1.165) is 36.1 Å². The maximum Gasteiger partial charge on any atom is 0.331 e. The lowest BCUT2D eigenvalue weighted by atomic mass is 9.99. The van der Waals surface area contributed by atoms with E-state index in [-0.39, 0.29) is 5.91 Å². The largest absolute Gasteiger partial charge is 0.479 e. The third-order valence-electron chi connectivity index (χ3n) is 3.51. The van der Waals surface area contributed by atoms with Gasteiger partial charge in [0.1, 0.15) is 0 Å². The minimum Gasteiger partial charge on any atom is -0.479 e. The van der Waals surface area contributed by atoms with E-state index in [9.17, 15) is 14.7 Å². The van der Waals surface area contributed by atoms with Crippen LogP contribution in [0.1, 0.15) is 49.1 Å². The molecule has 1 amide bonds. The van der Waals surface area contributed by atoms with E-state index in [1.54, 1.807) is 11.3 Å². The number of carbonyl (C=O) groups excluding carboxylic acids is 1. The number of amides is 1. The average Bonchev–Trinajstić information content (AvgIpc) is 2.85. The van der Waals surface area contributed by atoms with Gasteiger partial charge in [0.2, 0.25) is 5.91 Å². The van der Waals surface area contributed by atoms with Crippen LogP contribution in [0.15, 0.2) is 11.4 Å². The molecule has 4 nitrogen and oxygen atoms in total. The first kappa shape index (κ1) is 14.1. The van der Waals surface area contributed by atoms with E-state index in [1.807, 2.05) is 11.4 Å². The molecule has 2 heterocycles. The van der Waals surface area contributed by atoms with Gasteiger partial charge in [0.25, 0.3) is 0 Å². The number of rotatable bonds is 5. The smallest absolute Gasteiger partial charge is 0.331 e. The van der Waals surface area contributed by atoms with Crippen LogP contribution in [0, 0.1) is 0 Å². The van der Waals surface area contributed by atoms with E-state index in [2.05, 4.69) is 6.92 Å². The van der Waals surface area contributed by atoms with Crippen LogP contribution in [-0.4, -0.2) is 28.4 Å². The van der Waals surface area contributed by atoms with Crippen LogP contribution < -0.4 is 0 Å². The standard InChI is InChI=1S/C14H19NO3S/c1-2-3-4-5-12(16)15-8-6-11-10(7-9-19-11)13(15)14(17)18/h7,9,13H,2-6,8H2,1H3,(H,17,18). The molecule has 0 aliphatic carbocycles. The van der Waals surface area contributed by atoms with Crippen LogP contribution in [-0.2, 0) is 16.0 Å². The molecule has 0 saturated carbocycles. The lowest BCUT2D eigenvalue weighted by Gasteiger charge is -2.33. The van der Waals surface area contributed by atoms with Gasteiger partial charge in [-0.15, -0.1) is 11.3 Å². The summed E-state index contributed by atoms with van der Waals surface area (Å²) in [6.07, 6.45) is 4.15. The van der Waals surface area contributed by atoms with Crippen LogP contribution in [0.3, 0.4) is 0 Å². The molecule has 104 valence electrons. The highest BCUT2D eigenvalue weighted by atomic mass is 32.1. The monoisotopic (exact) mass is 281 g/mol. The molecule has 1 aromatic heterocycles. The number of hydrogen-bond acceptors (Lipinski definition) is 3. The highest BCUT2D eigenvalue weighted by Gasteiger charge is 2.36. The van der Waals surface area contributed by atoms with Crippen molar-refractivity contribution in [2.75, 3.05) is 6.54 Å². The van der Waals surface area contributed by atoms with Gasteiger partial charge in [0.15, 0.2) is 6.04 Å². The molecule has 1 N–H and O–H groups in total. The normalized spacial score (nSPS) is 18.2. The average molecular weight is 281 g/mol. The number of fused-ring (bicyclic) bond motifs is 1. The summed E-state index contributed by atoms with van der Waals surface area (Å²) in [6.45, 7) is 2.61. The van der Waals surface area contributed by atoms with Gasteiger partial charge in [-0.05, 0) is 29.9 Å². The number of carboxylic acid groups (broad SMARTS) is 1. The zero-order chi connectivity index (χ0) is 13.8. The lowest BCUT2D eigenvalue weighted by Crippen LogP contribution is -2.42. The Hall–Kier alpha value is -1.36. The van der Waals surface area contributed by atoms with Crippen LogP contribution in [0.25, 0.3) is 0 Å². The molecule has 1 unspecified atom stereocenters. The van der Waals surface area contributed by atoms with Crippen molar-refractivity contribution in [3.8, 4) is 0 Å². The van der Waals surface area contributed by atoms with Gasteiger partial charge >= 0.3 is 5.97 Å². The summed E-state index contributed by atoms with van der Waals surface area (Å²) in [7, 11) is 0. The Balaban J connectivity index is 2.12. The zero-order valence-corrected chi connectivity index (χ0v) is 11.9. The van der Waals surface area contributed by atoms with Crippen molar-refractivity contribution in [1.82, 2.24) is 4.90 Å². The van der Waals surface area contributed by atoms with Crippen molar-refractivity contribution < 1.29 is 14.7 Å². The van der Waals surface area contributed by atoms with Crippen molar-refractivity contribution in [3.05, 3.63) is 21.9 Å². The second-order valence-electron chi connectivity index (χ2n) is 4.83. The predicted molar refractivity (Wildman–Crippen MR) is 74.3 cm³/mol. The fraction of sp³-hybridized carbons (Fsp3) is 0.571. The van der Waals surface area contributed by atoms with E-state index in [0.29, 0.717) is 13.0 Å². The number of unbranched alkanes of at least 4 members (excludes halogenated alkanes) is 2. The first-order chi connectivity index (χ1) is 9.15. The zero-order valence-electron chi connectivity index (χ0n) is 11.1. The number of nitrogens with zero attached hydrogens (tertiary/aromatic N) is 1. The molecule has 1 aromatic rings. The molecule has 1 atom stereocenters. The Morgan fingerprint density at radius 3 is 2.95 bits per heavy atom. The maximum absolute atomic E-state index is 12.2. The summed E-state index contributed by atoms with van der Waals surface area (Å²) in [6, 6.07) is 1.05. The first-order valence-electron chi connectivity index (χ1n) is 6.73. The van der Waals surface area contributed by atoms with E-state index < -0.39 is 12.0 Å². The van der Waals surface area contributed by atoms with E-state index in [1.165, 1.54) is 4.90 Å². The van der Waals surface area contributed by atoms with Crippen molar-refractivity contribution in [3.63, 3.8) is 0 Å². The molecule has 0 spiro atoms. The molecule has 0 bridgehead atoms. The number of hydrogen-bond donors (Lipinski definition) is 1. The highest BCUT2D eigenvalue weighted by molar-refractivity contribution is 7.10. The molecular weight excluding hydrogens is 262 g/mol. The fourth-order valence-electron chi connectivity index (χ4n) is 2.52. The number of carboxylic acids is 1. The number of aliphatic carboxylic acids is 1. The topological polar surface area (TPSA) is 57.6 Å². The van der Waals surface area contributed by atoms with Gasteiger partial charge in [-0.2, -0.15) is 0 Å². The summed E-state index contributed by atoms with van der Waals surface area (Å²) in [5, 5.41) is 11.3. The number of thiophene rings is 1. The van der Waals surface area contributed by atoms with Crippen LogP contribution in [0.2, 0.25) is 0 Å². The molecule has 0 saturated heterocycles. The van der Waals surface area contributed by atoms with Gasteiger partial charge in [0, 0.05) is 17.8 Å². The van der Waals surface area contributed by atoms with Crippen molar-refractivity contribution in [2.24, 2.45) is 0 Å². The summed E-state index contributed by atoms with van der Waals surface area (Å²) >= 11 is 1.58. The van der Waals surface area contributed by atoms with E-state index in [4.69, 9.17) is 0 Å². The second kappa shape index (κ2) is 6.19. The Morgan fingerprint density at radius 2 is 2.26 bits per heavy atom. The van der Waals surface area contributed by atoms with Crippen LogP contribution in [0.5, 0.6) is 0 Å². The van der Waals surface area contributed by atoms with Gasteiger partial charge in [-0.1, -0.05) is 19.8 Å². The molecule has 0 fully saturated rings. The lowest BCUT2D eigenvalue weighted by molar-refractivity contribution is -0.151. The Bertz CT molecular complexity index is 469. The Morgan fingerprint density at radius 1 is 1.47 bits per heavy atom. The minimum absolute atomic E-state index is 0.0299. The van der Waals surface area contributed by atoms with Crippen molar-refractivity contribution in [1.29, 1.82) is 0 Å². The van der Waals surface area contributed by atoms with Crippen LogP contribution >= 0.6 is 11.3 Å². The summed E-state index contributed by atoms with van der Waals surface area (Å²) < 4.78 is 0. The second-order valence-corrected chi connectivity index (χ2v) is 5.83. The number of carbonyl (C=O) groups is 2.